The number of nitrogens with one attached hydrogen (secondary N) is 3. The number of amides is 3. The summed E-state index contributed by atoms with van der Waals surface area (Å²) in [5, 5.41) is 33.6. The van der Waals surface area contributed by atoms with Crippen molar-refractivity contribution < 1.29 is 39.3 Å². The van der Waals surface area contributed by atoms with Crippen LogP contribution in [0.5, 0.6) is 5.75 Å². The molecule has 3 amide bonds. The van der Waals surface area contributed by atoms with Crippen molar-refractivity contribution in [2.75, 3.05) is 12.3 Å². The third-order valence-electron chi connectivity index (χ3n) is 3.98. The summed E-state index contributed by atoms with van der Waals surface area (Å²) in [5.41, 5.74) is 6.46. The molecule has 0 spiro atoms. The van der Waals surface area contributed by atoms with Crippen molar-refractivity contribution in [3.8, 4) is 5.75 Å². The monoisotopic (exact) mass is 456 g/mol. The minimum Gasteiger partial charge on any atom is -0.508 e. The third-order valence-corrected chi connectivity index (χ3v) is 4.34. The van der Waals surface area contributed by atoms with Gasteiger partial charge in [0.05, 0.1) is 19.0 Å². The zero-order valence-corrected chi connectivity index (χ0v) is 17.2. The highest BCUT2D eigenvalue weighted by Crippen LogP contribution is 2.10. The Balaban J connectivity index is 2.61. The number of carbonyl (C=O) groups excluding carboxylic acids is 3. The van der Waals surface area contributed by atoms with E-state index in [-0.39, 0.29) is 17.9 Å². The number of rotatable bonds is 12. The molecule has 0 radical (unpaired) electrons. The first-order valence-corrected chi connectivity index (χ1v) is 9.63. The predicted molar refractivity (Wildman–Crippen MR) is 110 cm³/mol. The Morgan fingerprint density at radius 2 is 1.58 bits per heavy atom. The first-order chi connectivity index (χ1) is 14.5. The van der Waals surface area contributed by atoms with E-state index in [1.54, 1.807) is 12.1 Å². The lowest BCUT2D eigenvalue weighted by atomic mass is 10.1. The van der Waals surface area contributed by atoms with Gasteiger partial charge in [0.25, 0.3) is 0 Å². The molecule has 0 aromatic heterocycles. The summed E-state index contributed by atoms with van der Waals surface area (Å²) < 4.78 is 0. The minimum atomic E-state index is -1.56. The topological polar surface area (TPSA) is 208 Å². The quantitative estimate of drug-likeness (QED) is 0.161. The average Bonchev–Trinajstić information content (AvgIpc) is 2.70. The first kappa shape index (κ1) is 25.7. The predicted octanol–water partition coefficient (Wildman–Crippen LogP) is -2.16. The summed E-state index contributed by atoms with van der Waals surface area (Å²) in [6.45, 7) is -0.583. The Labute approximate surface area is 182 Å². The highest BCUT2D eigenvalue weighted by atomic mass is 32.1. The first-order valence-electron chi connectivity index (χ1n) is 8.99. The van der Waals surface area contributed by atoms with E-state index in [1.165, 1.54) is 12.1 Å². The van der Waals surface area contributed by atoms with E-state index in [0.29, 0.717) is 5.56 Å². The zero-order valence-electron chi connectivity index (χ0n) is 16.3. The molecule has 0 fully saturated rings. The molecule has 12 nitrogen and oxygen atoms in total. The van der Waals surface area contributed by atoms with Crippen molar-refractivity contribution in [1.29, 1.82) is 0 Å². The van der Waals surface area contributed by atoms with E-state index in [4.69, 9.17) is 15.9 Å². The van der Waals surface area contributed by atoms with Crippen LogP contribution in [0.4, 0.5) is 0 Å². The number of hydrogen-bond acceptors (Lipinski definition) is 8. The van der Waals surface area contributed by atoms with Gasteiger partial charge in [-0.05, 0) is 24.1 Å². The van der Waals surface area contributed by atoms with Crippen LogP contribution in [0.2, 0.25) is 0 Å². The van der Waals surface area contributed by atoms with Crippen LogP contribution < -0.4 is 21.7 Å². The number of phenolic OH excluding ortho intramolecular Hbond substituents is 1. The molecule has 1 aromatic rings. The summed E-state index contributed by atoms with van der Waals surface area (Å²) in [7, 11) is 0. The SMILES string of the molecule is NC(Cc1ccc(O)cc1)C(=O)NCC(=O)NC(CC(=O)O)C(=O)NC(CS)C(=O)O. The van der Waals surface area contributed by atoms with Crippen molar-refractivity contribution >= 4 is 42.3 Å². The van der Waals surface area contributed by atoms with Gasteiger partial charge < -0.3 is 37.0 Å². The molecule has 1 rings (SSSR count). The fraction of sp³-hybridized carbons (Fsp3) is 0.389. The van der Waals surface area contributed by atoms with Crippen molar-refractivity contribution in [1.82, 2.24) is 16.0 Å². The van der Waals surface area contributed by atoms with Crippen molar-refractivity contribution in [3.63, 3.8) is 0 Å². The van der Waals surface area contributed by atoms with E-state index >= 15 is 0 Å². The Hall–Kier alpha value is -3.32. The van der Waals surface area contributed by atoms with Gasteiger partial charge in [0, 0.05) is 5.75 Å². The number of hydrogen-bond donors (Lipinski definition) is 8. The number of benzene rings is 1. The molecule has 0 aliphatic rings. The lowest BCUT2D eigenvalue weighted by molar-refractivity contribution is -0.143. The van der Waals surface area contributed by atoms with Crippen molar-refractivity contribution in [2.45, 2.75) is 31.0 Å². The van der Waals surface area contributed by atoms with Crippen LogP contribution in [-0.2, 0) is 30.4 Å². The smallest absolute Gasteiger partial charge is 0.327 e. The number of thiol groups is 1. The number of aliphatic carboxylic acids is 2. The molecular formula is C18H24N4O8S. The molecule has 31 heavy (non-hydrogen) atoms. The van der Waals surface area contributed by atoms with Gasteiger partial charge in [-0.3, -0.25) is 19.2 Å². The largest absolute Gasteiger partial charge is 0.508 e. The number of carboxylic acids is 2. The second-order valence-corrected chi connectivity index (χ2v) is 6.86. The van der Waals surface area contributed by atoms with Crippen LogP contribution in [0.15, 0.2) is 24.3 Å². The molecule has 3 unspecified atom stereocenters. The summed E-state index contributed by atoms with van der Waals surface area (Å²) in [5.74, 6) is -5.52. The van der Waals surface area contributed by atoms with Gasteiger partial charge in [-0.2, -0.15) is 12.6 Å². The second-order valence-electron chi connectivity index (χ2n) is 6.49. The molecule has 1 aromatic carbocycles. The molecule has 0 aliphatic carbocycles. The average molecular weight is 456 g/mol. The summed E-state index contributed by atoms with van der Waals surface area (Å²) in [6, 6.07) is 2.10. The van der Waals surface area contributed by atoms with Crippen LogP contribution in [0, 0.1) is 0 Å². The Morgan fingerprint density at radius 1 is 0.968 bits per heavy atom. The third kappa shape index (κ3) is 9.35. The van der Waals surface area contributed by atoms with Crippen molar-refractivity contribution in [3.05, 3.63) is 29.8 Å². The van der Waals surface area contributed by atoms with E-state index in [1.807, 2.05) is 0 Å². The zero-order chi connectivity index (χ0) is 23.6. The summed E-state index contributed by atoms with van der Waals surface area (Å²) in [4.78, 5) is 58.2. The van der Waals surface area contributed by atoms with Crippen LogP contribution in [-0.4, -0.2) is 75.4 Å². The minimum absolute atomic E-state index is 0.0578. The van der Waals surface area contributed by atoms with Gasteiger partial charge in [-0.25, -0.2) is 4.79 Å². The summed E-state index contributed by atoms with van der Waals surface area (Å²) >= 11 is 3.78. The maximum atomic E-state index is 12.1. The van der Waals surface area contributed by atoms with E-state index in [9.17, 15) is 29.1 Å². The standard InChI is InChI=1S/C18H24N4O8S/c19-11(5-9-1-3-10(23)4-2-9)16(27)20-7-14(24)21-12(6-15(25)26)17(28)22-13(8-31)18(29)30/h1-4,11-13,23,31H,5-8,19H2,(H,20,27)(H,21,24)(H,22,28)(H,25,26)(H,29,30). The molecule has 0 aliphatic heterocycles. The normalized spacial score (nSPS) is 13.4. The number of carboxylic acid groups (broad SMARTS) is 2. The Morgan fingerprint density at radius 3 is 2.10 bits per heavy atom. The molecule has 3 atom stereocenters. The van der Waals surface area contributed by atoms with Gasteiger partial charge in [-0.1, -0.05) is 12.1 Å². The van der Waals surface area contributed by atoms with Crippen molar-refractivity contribution in [2.24, 2.45) is 5.73 Å². The number of phenols is 1. The summed E-state index contributed by atoms with van der Waals surface area (Å²) in [6.07, 6.45) is -0.664. The Kier molecular flexibility index (Phi) is 10.3. The fourth-order valence-corrected chi connectivity index (χ4v) is 2.61. The van der Waals surface area contributed by atoms with Gasteiger partial charge in [0.15, 0.2) is 0 Å². The molecule has 8 N–H and O–H groups in total. The molecule has 0 heterocycles. The van der Waals surface area contributed by atoms with Gasteiger partial charge >= 0.3 is 11.9 Å². The lowest BCUT2D eigenvalue weighted by Crippen LogP contribution is -2.54. The molecule has 0 bridgehead atoms. The van der Waals surface area contributed by atoms with E-state index in [0.717, 1.165) is 0 Å². The van der Waals surface area contributed by atoms with Gasteiger partial charge in [0.1, 0.15) is 17.8 Å². The van der Waals surface area contributed by atoms with Gasteiger partial charge in [0.2, 0.25) is 17.7 Å². The highest BCUT2D eigenvalue weighted by Gasteiger charge is 2.28. The Bertz CT molecular complexity index is 817. The number of carbonyl (C=O) groups is 5. The number of nitrogens with two attached hydrogens (primary N) is 1. The van der Waals surface area contributed by atoms with Gasteiger partial charge in [-0.15, -0.1) is 0 Å². The number of aromatic hydroxyl groups is 1. The van der Waals surface area contributed by atoms with Crippen LogP contribution in [0.1, 0.15) is 12.0 Å². The van der Waals surface area contributed by atoms with Crippen LogP contribution >= 0.6 is 12.6 Å². The molecule has 0 saturated heterocycles. The molecule has 0 saturated carbocycles. The highest BCUT2D eigenvalue weighted by molar-refractivity contribution is 7.80. The lowest BCUT2D eigenvalue weighted by Gasteiger charge is -2.20. The molecular weight excluding hydrogens is 432 g/mol. The molecule has 13 heteroatoms. The van der Waals surface area contributed by atoms with Crippen LogP contribution in [0.25, 0.3) is 0 Å². The fourth-order valence-electron chi connectivity index (χ4n) is 2.36. The van der Waals surface area contributed by atoms with Crippen LogP contribution in [0.3, 0.4) is 0 Å². The van der Waals surface area contributed by atoms with E-state index < -0.39 is 60.8 Å². The second kappa shape index (κ2) is 12.4. The maximum Gasteiger partial charge on any atom is 0.327 e. The van der Waals surface area contributed by atoms with E-state index in [2.05, 4.69) is 28.6 Å². The maximum absolute atomic E-state index is 12.1. The molecule has 170 valence electrons.